The van der Waals surface area contributed by atoms with Crippen LogP contribution in [-0.4, -0.2) is 51.9 Å². The van der Waals surface area contributed by atoms with Gasteiger partial charge in [0.25, 0.3) is 5.91 Å². The molecule has 3 rings (SSSR count). The topological polar surface area (TPSA) is 73.1 Å². The number of piperazine rings is 1. The SMILES string of the molecule is N#Cc1ccc(CN2CCN(C(=O)c3cnccn3)CC2)cc1. The number of nitrogens with zero attached hydrogens (tertiary/aromatic N) is 5. The van der Waals surface area contributed by atoms with Gasteiger partial charge in [-0.15, -0.1) is 0 Å². The molecule has 1 aromatic heterocycles. The number of aromatic nitrogens is 2. The second-order valence-corrected chi connectivity index (χ2v) is 5.47. The largest absolute Gasteiger partial charge is 0.335 e. The van der Waals surface area contributed by atoms with Crippen molar-refractivity contribution in [3.8, 4) is 6.07 Å². The first kappa shape index (κ1) is 15.1. The van der Waals surface area contributed by atoms with Crippen LogP contribution in [0.1, 0.15) is 21.6 Å². The molecule has 6 heteroatoms. The van der Waals surface area contributed by atoms with Crippen LogP contribution in [0.5, 0.6) is 0 Å². The Labute approximate surface area is 135 Å². The van der Waals surface area contributed by atoms with Gasteiger partial charge in [-0.3, -0.25) is 14.7 Å². The molecule has 0 unspecified atom stereocenters. The van der Waals surface area contributed by atoms with Gasteiger partial charge in [0, 0.05) is 45.1 Å². The zero-order valence-electron chi connectivity index (χ0n) is 12.7. The Morgan fingerprint density at radius 3 is 2.48 bits per heavy atom. The third-order valence-electron chi connectivity index (χ3n) is 3.93. The summed E-state index contributed by atoms with van der Waals surface area (Å²) < 4.78 is 0. The number of nitriles is 1. The van der Waals surface area contributed by atoms with Gasteiger partial charge in [0.15, 0.2) is 0 Å². The normalized spacial score (nSPS) is 15.2. The third kappa shape index (κ3) is 3.71. The van der Waals surface area contributed by atoms with Gasteiger partial charge in [-0.05, 0) is 17.7 Å². The zero-order chi connectivity index (χ0) is 16.1. The van der Waals surface area contributed by atoms with Gasteiger partial charge >= 0.3 is 0 Å². The molecule has 2 heterocycles. The van der Waals surface area contributed by atoms with E-state index < -0.39 is 0 Å². The van der Waals surface area contributed by atoms with Crippen molar-refractivity contribution >= 4 is 5.91 Å². The molecule has 1 amide bonds. The lowest BCUT2D eigenvalue weighted by molar-refractivity contribution is 0.0622. The summed E-state index contributed by atoms with van der Waals surface area (Å²) in [6.07, 6.45) is 4.60. The Morgan fingerprint density at radius 1 is 1.13 bits per heavy atom. The first-order valence-electron chi connectivity index (χ1n) is 7.53. The second-order valence-electron chi connectivity index (χ2n) is 5.47. The van der Waals surface area contributed by atoms with Crippen LogP contribution >= 0.6 is 0 Å². The van der Waals surface area contributed by atoms with Crippen LogP contribution in [0, 0.1) is 11.3 Å². The van der Waals surface area contributed by atoms with Gasteiger partial charge in [0.2, 0.25) is 0 Å². The second kappa shape index (κ2) is 6.99. The molecule has 0 aliphatic carbocycles. The number of rotatable bonds is 3. The van der Waals surface area contributed by atoms with Gasteiger partial charge < -0.3 is 4.90 Å². The molecule has 1 aliphatic rings. The third-order valence-corrected chi connectivity index (χ3v) is 3.93. The lowest BCUT2D eigenvalue weighted by Crippen LogP contribution is -2.48. The maximum atomic E-state index is 12.3. The molecule has 0 bridgehead atoms. The molecule has 1 aromatic carbocycles. The van der Waals surface area contributed by atoms with Gasteiger partial charge in [-0.1, -0.05) is 12.1 Å². The molecule has 0 spiro atoms. The Hall–Kier alpha value is -2.78. The number of amides is 1. The Kier molecular flexibility index (Phi) is 4.60. The average molecular weight is 307 g/mol. The van der Waals surface area contributed by atoms with Crippen LogP contribution in [0.3, 0.4) is 0 Å². The molecule has 1 aliphatic heterocycles. The van der Waals surface area contributed by atoms with E-state index in [2.05, 4.69) is 20.9 Å². The highest BCUT2D eigenvalue weighted by Crippen LogP contribution is 2.11. The van der Waals surface area contributed by atoms with Gasteiger partial charge in [-0.25, -0.2) is 4.98 Å². The molecule has 0 saturated carbocycles. The molecule has 1 saturated heterocycles. The van der Waals surface area contributed by atoms with Crippen molar-refractivity contribution in [2.45, 2.75) is 6.54 Å². The Morgan fingerprint density at radius 2 is 1.87 bits per heavy atom. The van der Waals surface area contributed by atoms with E-state index in [1.807, 2.05) is 29.2 Å². The van der Waals surface area contributed by atoms with Gasteiger partial charge in [-0.2, -0.15) is 5.26 Å². The minimum absolute atomic E-state index is 0.0591. The van der Waals surface area contributed by atoms with E-state index in [0.29, 0.717) is 24.3 Å². The predicted molar refractivity (Wildman–Crippen MR) is 84.4 cm³/mol. The van der Waals surface area contributed by atoms with Crippen LogP contribution in [0.2, 0.25) is 0 Å². The highest BCUT2D eigenvalue weighted by Gasteiger charge is 2.22. The van der Waals surface area contributed by atoms with Crippen LogP contribution in [0.15, 0.2) is 42.9 Å². The number of hydrogen-bond acceptors (Lipinski definition) is 5. The van der Waals surface area contributed by atoms with E-state index in [1.165, 1.54) is 18.0 Å². The molecule has 0 atom stereocenters. The molecule has 1 fully saturated rings. The molecule has 6 nitrogen and oxygen atoms in total. The van der Waals surface area contributed by atoms with Crippen molar-refractivity contribution < 1.29 is 4.79 Å². The van der Waals surface area contributed by atoms with E-state index in [4.69, 9.17) is 5.26 Å². The maximum absolute atomic E-state index is 12.3. The zero-order valence-corrected chi connectivity index (χ0v) is 12.7. The standard InChI is InChI=1S/C17H17N5O/c18-11-14-1-3-15(4-2-14)13-21-7-9-22(10-8-21)17(23)16-12-19-5-6-20-16/h1-6,12H,7-10,13H2. The van der Waals surface area contributed by atoms with Crippen LogP contribution < -0.4 is 0 Å². The van der Waals surface area contributed by atoms with Crippen LogP contribution in [0.25, 0.3) is 0 Å². The first-order chi connectivity index (χ1) is 11.3. The summed E-state index contributed by atoms with van der Waals surface area (Å²) in [7, 11) is 0. The summed E-state index contributed by atoms with van der Waals surface area (Å²) in [6, 6.07) is 9.76. The van der Waals surface area contributed by atoms with Crippen molar-refractivity contribution in [2.24, 2.45) is 0 Å². The minimum atomic E-state index is -0.0591. The lowest BCUT2D eigenvalue weighted by Gasteiger charge is -2.34. The van der Waals surface area contributed by atoms with Crippen molar-refractivity contribution in [3.05, 3.63) is 59.7 Å². The maximum Gasteiger partial charge on any atom is 0.274 e. The van der Waals surface area contributed by atoms with Crippen LogP contribution in [-0.2, 0) is 6.54 Å². The van der Waals surface area contributed by atoms with Gasteiger partial charge in [0.05, 0.1) is 17.8 Å². The summed E-state index contributed by atoms with van der Waals surface area (Å²) in [5.74, 6) is -0.0591. The smallest absolute Gasteiger partial charge is 0.274 e. The molecule has 0 N–H and O–H groups in total. The fraction of sp³-hybridized carbons (Fsp3) is 0.294. The average Bonchev–Trinajstić information content (AvgIpc) is 2.63. The first-order valence-corrected chi connectivity index (χ1v) is 7.53. The number of benzene rings is 1. The van der Waals surface area contributed by atoms with E-state index in [-0.39, 0.29) is 5.91 Å². The lowest BCUT2D eigenvalue weighted by atomic mass is 10.1. The fourth-order valence-electron chi connectivity index (χ4n) is 2.62. The number of carbonyl (C=O) groups excluding carboxylic acids is 1. The highest BCUT2D eigenvalue weighted by atomic mass is 16.2. The van der Waals surface area contributed by atoms with Crippen molar-refractivity contribution in [2.75, 3.05) is 26.2 Å². The number of hydrogen-bond donors (Lipinski definition) is 0. The summed E-state index contributed by atoms with van der Waals surface area (Å²) in [5.41, 5.74) is 2.25. The van der Waals surface area contributed by atoms with Crippen molar-refractivity contribution in [1.82, 2.24) is 19.8 Å². The summed E-state index contributed by atoms with van der Waals surface area (Å²) >= 11 is 0. The summed E-state index contributed by atoms with van der Waals surface area (Å²) in [4.78, 5) is 24.4. The molecule has 116 valence electrons. The molecular weight excluding hydrogens is 290 g/mol. The van der Waals surface area contributed by atoms with Crippen LogP contribution in [0.4, 0.5) is 0 Å². The van der Waals surface area contributed by atoms with E-state index in [9.17, 15) is 4.79 Å². The van der Waals surface area contributed by atoms with Gasteiger partial charge in [0.1, 0.15) is 5.69 Å². The van der Waals surface area contributed by atoms with E-state index in [0.717, 1.165) is 19.6 Å². The Balaban J connectivity index is 1.54. The van der Waals surface area contributed by atoms with Crippen molar-refractivity contribution in [1.29, 1.82) is 5.26 Å². The quantitative estimate of drug-likeness (QED) is 0.855. The predicted octanol–water partition coefficient (Wildman–Crippen LogP) is 1.31. The summed E-state index contributed by atoms with van der Waals surface area (Å²) in [5, 5.41) is 8.82. The monoisotopic (exact) mass is 307 g/mol. The van der Waals surface area contributed by atoms with E-state index >= 15 is 0 Å². The Bertz CT molecular complexity index is 700. The minimum Gasteiger partial charge on any atom is -0.335 e. The van der Waals surface area contributed by atoms with Crippen molar-refractivity contribution in [3.63, 3.8) is 0 Å². The molecule has 23 heavy (non-hydrogen) atoms. The fourth-order valence-corrected chi connectivity index (χ4v) is 2.62. The van der Waals surface area contributed by atoms with E-state index in [1.54, 1.807) is 6.20 Å². The highest BCUT2D eigenvalue weighted by molar-refractivity contribution is 5.92. The summed E-state index contributed by atoms with van der Waals surface area (Å²) in [6.45, 7) is 3.86. The molecule has 2 aromatic rings. The molecule has 0 radical (unpaired) electrons. The number of carbonyl (C=O) groups is 1. The molecular formula is C17H17N5O.